The van der Waals surface area contributed by atoms with Gasteiger partial charge in [0.2, 0.25) is 5.91 Å². The Balaban J connectivity index is 2.24. The summed E-state index contributed by atoms with van der Waals surface area (Å²) in [4.78, 5) is 11.4. The fourth-order valence-corrected chi connectivity index (χ4v) is 2.51. The Morgan fingerprint density at radius 3 is 2.65 bits per heavy atom. The number of alkyl halides is 1. The van der Waals surface area contributed by atoms with Gasteiger partial charge >= 0.3 is 0 Å². The average Bonchev–Trinajstić information content (AvgIpc) is 2.35. The van der Waals surface area contributed by atoms with Crippen molar-refractivity contribution in [2.75, 3.05) is 12.4 Å². The summed E-state index contributed by atoms with van der Waals surface area (Å²) in [5.74, 6) is 1.26. The molecule has 0 aromatic carbocycles. The molecule has 0 radical (unpaired) electrons. The van der Waals surface area contributed by atoms with Gasteiger partial charge in [-0.05, 0) is 38.0 Å². The molecule has 0 atom stereocenters. The lowest BCUT2D eigenvalue weighted by Crippen LogP contribution is -2.45. The molecule has 0 saturated heterocycles. The van der Waals surface area contributed by atoms with E-state index in [2.05, 4.69) is 12.2 Å². The van der Waals surface area contributed by atoms with Crippen molar-refractivity contribution >= 4 is 17.5 Å². The van der Waals surface area contributed by atoms with E-state index in [0.29, 0.717) is 25.3 Å². The first-order valence-corrected chi connectivity index (χ1v) is 7.18. The topological polar surface area (TPSA) is 49.3 Å². The number of hydrogen-bond acceptors (Lipinski definition) is 2. The number of carbonyl (C=O) groups excluding carboxylic acids is 1. The van der Waals surface area contributed by atoms with Gasteiger partial charge in [-0.25, -0.2) is 0 Å². The van der Waals surface area contributed by atoms with Crippen molar-refractivity contribution in [3.8, 4) is 0 Å². The molecular formula is C13H24ClNO2. The van der Waals surface area contributed by atoms with Crippen LogP contribution in [0.5, 0.6) is 0 Å². The molecule has 0 spiro atoms. The third kappa shape index (κ3) is 5.26. The summed E-state index contributed by atoms with van der Waals surface area (Å²) in [5.41, 5.74) is -0.678. The molecule has 0 heterocycles. The van der Waals surface area contributed by atoms with Gasteiger partial charge in [-0.1, -0.05) is 13.3 Å². The number of rotatable bonds is 6. The summed E-state index contributed by atoms with van der Waals surface area (Å²) in [5, 5.41) is 13.1. The lowest BCUT2D eigenvalue weighted by Gasteiger charge is -2.35. The van der Waals surface area contributed by atoms with E-state index >= 15 is 0 Å². The third-order valence-corrected chi connectivity index (χ3v) is 4.03. The van der Waals surface area contributed by atoms with Crippen LogP contribution in [0.1, 0.15) is 51.9 Å². The monoisotopic (exact) mass is 261 g/mol. The Morgan fingerprint density at radius 2 is 2.12 bits per heavy atom. The second-order valence-corrected chi connectivity index (χ2v) is 5.52. The van der Waals surface area contributed by atoms with E-state index in [1.807, 2.05) is 0 Å². The van der Waals surface area contributed by atoms with E-state index in [4.69, 9.17) is 11.6 Å². The number of aliphatic hydroxyl groups is 1. The smallest absolute Gasteiger partial charge is 0.220 e. The first-order chi connectivity index (χ1) is 8.09. The lowest BCUT2D eigenvalue weighted by atomic mass is 9.78. The Labute approximate surface area is 109 Å². The quantitative estimate of drug-likeness (QED) is 0.722. The lowest BCUT2D eigenvalue weighted by molar-refractivity contribution is -0.122. The largest absolute Gasteiger partial charge is 0.388 e. The molecule has 1 saturated carbocycles. The van der Waals surface area contributed by atoms with E-state index in [9.17, 15) is 9.90 Å². The van der Waals surface area contributed by atoms with Gasteiger partial charge in [0.15, 0.2) is 0 Å². The van der Waals surface area contributed by atoms with Crippen LogP contribution in [0.2, 0.25) is 0 Å². The molecule has 0 aromatic heterocycles. The number of amides is 1. The van der Waals surface area contributed by atoms with Gasteiger partial charge in [0.25, 0.3) is 0 Å². The molecule has 1 aliphatic carbocycles. The Kier molecular flexibility index (Phi) is 6.28. The summed E-state index contributed by atoms with van der Waals surface area (Å²) in [6.45, 7) is 2.59. The van der Waals surface area contributed by atoms with E-state index in [-0.39, 0.29) is 5.91 Å². The first kappa shape index (κ1) is 14.8. The molecule has 1 fully saturated rings. The molecule has 4 heteroatoms. The summed E-state index contributed by atoms with van der Waals surface area (Å²) in [6, 6.07) is 0. The van der Waals surface area contributed by atoms with Gasteiger partial charge in [-0.2, -0.15) is 0 Å². The minimum Gasteiger partial charge on any atom is -0.388 e. The van der Waals surface area contributed by atoms with Gasteiger partial charge in [-0.15, -0.1) is 11.6 Å². The first-order valence-electron chi connectivity index (χ1n) is 6.64. The zero-order valence-corrected chi connectivity index (χ0v) is 11.4. The standard InChI is InChI=1S/C13H24ClNO2/c1-2-11-5-7-13(17,8-6-11)10-15-12(16)4-3-9-14/h11,17H,2-10H2,1H3,(H,15,16). The van der Waals surface area contributed by atoms with E-state index < -0.39 is 5.60 Å². The molecule has 0 aromatic rings. The predicted molar refractivity (Wildman–Crippen MR) is 70.2 cm³/mol. The molecular weight excluding hydrogens is 238 g/mol. The highest BCUT2D eigenvalue weighted by molar-refractivity contribution is 6.17. The highest BCUT2D eigenvalue weighted by Gasteiger charge is 2.32. The zero-order valence-electron chi connectivity index (χ0n) is 10.7. The van der Waals surface area contributed by atoms with Crippen LogP contribution in [-0.2, 0) is 4.79 Å². The summed E-state index contributed by atoms with van der Waals surface area (Å²) >= 11 is 5.52. The van der Waals surface area contributed by atoms with Crippen LogP contribution in [-0.4, -0.2) is 29.0 Å². The third-order valence-electron chi connectivity index (χ3n) is 3.77. The minimum absolute atomic E-state index is 0.00306. The summed E-state index contributed by atoms with van der Waals surface area (Å²) in [6.07, 6.45) is 6.11. The SMILES string of the molecule is CCC1CCC(O)(CNC(=O)CCCCl)CC1. The zero-order chi connectivity index (χ0) is 12.7. The molecule has 0 aliphatic heterocycles. The van der Waals surface area contributed by atoms with Gasteiger partial charge in [0.1, 0.15) is 0 Å². The van der Waals surface area contributed by atoms with Gasteiger partial charge in [-0.3, -0.25) is 4.79 Å². The Hall–Kier alpha value is -0.280. The van der Waals surface area contributed by atoms with Crippen molar-refractivity contribution in [2.45, 2.75) is 57.5 Å². The van der Waals surface area contributed by atoms with Gasteiger partial charge < -0.3 is 10.4 Å². The van der Waals surface area contributed by atoms with Crippen LogP contribution in [0.15, 0.2) is 0 Å². The molecule has 17 heavy (non-hydrogen) atoms. The maximum Gasteiger partial charge on any atom is 0.220 e. The van der Waals surface area contributed by atoms with Crippen molar-refractivity contribution in [1.82, 2.24) is 5.32 Å². The summed E-state index contributed by atoms with van der Waals surface area (Å²) in [7, 11) is 0. The van der Waals surface area contributed by atoms with Crippen LogP contribution < -0.4 is 5.32 Å². The second kappa shape index (κ2) is 7.22. The highest BCUT2D eigenvalue weighted by Crippen LogP contribution is 2.33. The van der Waals surface area contributed by atoms with Crippen LogP contribution in [0.3, 0.4) is 0 Å². The Morgan fingerprint density at radius 1 is 1.47 bits per heavy atom. The fourth-order valence-electron chi connectivity index (χ4n) is 2.38. The predicted octanol–water partition coefficient (Wildman–Crippen LogP) is 2.45. The van der Waals surface area contributed by atoms with Crippen molar-refractivity contribution in [3.63, 3.8) is 0 Å². The summed E-state index contributed by atoms with van der Waals surface area (Å²) < 4.78 is 0. The molecule has 0 bridgehead atoms. The van der Waals surface area contributed by atoms with Crippen LogP contribution in [0.4, 0.5) is 0 Å². The van der Waals surface area contributed by atoms with Crippen molar-refractivity contribution in [2.24, 2.45) is 5.92 Å². The molecule has 1 aliphatic rings. The van der Waals surface area contributed by atoms with Gasteiger partial charge in [0, 0.05) is 18.8 Å². The van der Waals surface area contributed by atoms with E-state index in [0.717, 1.165) is 31.6 Å². The van der Waals surface area contributed by atoms with E-state index in [1.54, 1.807) is 0 Å². The highest BCUT2D eigenvalue weighted by atomic mass is 35.5. The van der Waals surface area contributed by atoms with Crippen LogP contribution in [0.25, 0.3) is 0 Å². The van der Waals surface area contributed by atoms with Gasteiger partial charge in [0.05, 0.1) is 5.60 Å². The molecule has 0 unspecified atom stereocenters. The number of hydrogen-bond donors (Lipinski definition) is 2. The Bertz CT molecular complexity index is 238. The number of nitrogens with one attached hydrogen (secondary N) is 1. The molecule has 1 amide bonds. The molecule has 2 N–H and O–H groups in total. The van der Waals surface area contributed by atoms with E-state index in [1.165, 1.54) is 6.42 Å². The molecule has 3 nitrogen and oxygen atoms in total. The maximum absolute atomic E-state index is 11.4. The number of halogens is 1. The minimum atomic E-state index is -0.678. The van der Waals surface area contributed by atoms with Crippen molar-refractivity contribution in [1.29, 1.82) is 0 Å². The maximum atomic E-state index is 11.4. The van der Waals surface area contributed by atoms with Crippen LogP contribution >= 0.6 is 11.6 Å². The van der Waals surface area contributed by atoms with Crippen molar-refractivity contribution < 1.29 is 9.90 Å². The average molecular weight is 262 g/mol. The molecule has 100 valence electrons. The fraction of sp³-hybridized carbons (Fsp3) is 0.923. The second-order valence-electron chi connectivity index (χ2n) is 5.15. The number of carbonyl (C=O) groups is 1. The molecule has 1 rings (SSSR count). The van der Waals surface area contributed by atoms with Crippen molar-refractivity contribution in [3.05, 3.63) is 0 Å². The normalized spacial score (nSPS) is 29.0. The van der Waals surface area contributed by atoms with Crippen LogP contribution in [0, 0.1) is 5.92 Å².